The second-order valence-electron chi connectivity index (χ2n) is 2.39. The van der Waals surface area contributed by atoms with E-state index >= 15 is 0 Å². The highest BCUT2D eigenvalue weighted by atomic mass is 35.5. The van der Waals surface area contributed by atoms with Crippen molar-refractivity contribution in [3.05, 3.63) is 23.0 Å². The molecule has 1 aromatic rings. The molecular weight excluding hydrogens is 237 g/mol. The first-order valence-corrected chi connectivity index (χ1v) is 3.89. The Balaban J connectivity index is 3.19. The van der Waals surface area contributed by atoms with Crippen LogP contribution in [-0.4, -0.2) is 17.3 Å². The van der Waals surface area contributed by atoms with Crippen LogP contribution in [-0.2, 0) is 0 Å². The number of nitrogens with zero attached hydrogens (tertiary/aromatic N) is 1. The SMILES string of the molecule is NC(=O)c1ccnc(Cl)c1OC(F)(F)F. The van der Waals surface area contributed by atoms with Crippen LogP contribution in [0.5, 0.6) is 5.75 Å². The highest BCUT2D eigenvalue weighted by molar-refractivity contribution is 6.31. The van der Waals surface area contributed by atoms with Gasteiger partial charge in [-0.1, -0.05) is 11.6 Å². The first kappa shape index (κ1) is 11.6. The van der Waals surface area contributed by atoms with E-state index in [4.69, 9.17) is 17.3 Å². The minimum Gasteiger partial charge on any atom is -0.402 e. The number of ether oxygens (including phenoxy) is 1. The molecule has 0 aliphatic heterocycles. The zero-order valence-electron chi connectivity index (χ0n) is 7.01. The van der Waals surface area contributed by atoms with Gasteiger partial charge in [0.05, 0.1) is 5.56 Å². The van der Waals surface area contributed by atoms with Gasteiger partial charge in [0.25, 0.3) is 5.91 Å². The molecule has 8 heteroatoms. The lowest BCUT2D eigenvalue weighted by atomic mass is 10.2. The van der Waals surface area contributed by atoms with Crippen LogP contribution in [0.4, 0.5) is 13.2 Å². The van der Waals surface area contributed by atoms with Crippen molar-refractivity contribution in [1.29, 1.82) is 0 Å². The number of aromatic nitrogens is 1. The number of hydrogen-bond acceptors (Lipinski definition) is 3. The predicted octanol–water partition coefficient (Wildman–Crippen LogP) is 1.73. The van der Waals surface area contributed by atoms with Crippen LogP contribution in [0.15, 0.2) is 12.3 Å². The van der Waals surface area contributed by atoms with Gasteiger partial charge in [-0.05, 0) is 6.07 Å². The monoisotopic (exact) mass is 240 g/mol. The summed E-state index contributed by atoms with van der Waals surface area (Å²) in [5.41, 5.74) is 4.35. The van der Waals surface area contributed by atoms with Crippen LogP contribution >= 0.6 is 11.6 Å². The number of alkyl halides is 3. The van der Waals surface area contributed by atoms with Crippen molar-refractivity contribution >= 4 is 17.5 Å². The molecule has 0 aliphatic carbocycles. The number of primary amides is 1. The van der Waals surface area contributed by atoms with Crippen molar-refractivity contribution in [3.63, 3.8) is 0 Å². The van der Waals surface area contributed by atoms with E-state index in [0.29, 0.717) is 0 Å². The Morgan fingerprint density at radius 1 is 1.53 bits per heavy atom. The van der Waals surface area contributed by atoms with Gasteiger partial charge in [0.1, 0.15) is 0 Å². The van der Waals surface area contributed by atoms with E-state index in [1.54, 1.807) is 0 Å². The van der Waals surface area contributed by atoms with Crippen molar-refractivity contribution in [2.75, 3.05) is 0 Å². The van der Waals surface area contributed by atoms with E-state index < -0.39 is 28.7 Å². The maximum absolute atomic E-state index is 11.9. The molecule has 0 spiro atoms. The molecule has 2 N–H and O–H groups in total. The third kappa shape index (κ3) is 2.98. The van der Waals surface area contributed by atoms with Crippen LogP contribution < -0.4 is 10.5 Å². The lowest BCUT2D eigenvalue weighted by Crippen LogP contribution is -2.21. The number of nitrogens with two attached hydrogens (primary N) is 1. The molecule has 4 nitrogen and oxygen atoms in total. The van der Waals surface area contributed by atoms with E-state index in [1.165, 1.54) is 0 Å². The molecule has 0 aliphatic rings. The van der Waals surface area contributed by atoms with Crippen LogP contribution in [0.2, 0.25) is 5.15 Å². The summed E-state index contributed by atoms with van der Waals surface area (Å²) in [7, 11) is 0. The molecule has 0 radical (unpaired) electrons. The number of amides is 1. The normalized spacial score (nSPS) is 11.2. The van der Waals surface area contributed by atoms with Crippen molar-refractivity contribution in [1.82, 2.24) is 4.98 Å². The minimum atomic E-state index is -4.96. The molecule has 0 saturated carbocycles. The van der Waals surface area contributed by atoms with Gasteiger partial charge in [0.15, 0.2) is 10.9 Å². The number of halogens is 4. The van der Waals surface area contributed by atoms with Crippen LogP contribution in [0, 0.1) is 0 Å². The van der Waals surface area contributed by atoms with Crippen LogP contribution in [0.3, 0.4) is 0 Å². The Bertz CT molecular complexity index is 394. The number of carbonyl (C=O) groups excluding carboxylic acids is 1. The fourth-order valence-electron chi connectivity index (χ4n) is 0.830. The summed E-state index contributed by atoms with van der Waals surface area (Å²) < 4.78 is 39.2. The second-order valence-corrected chi connectivity index (χ2v) is 2.75. The van der Waals surface area contributed by atoms with E-state index in [1.807, 2.05) is 0 Å². The van der Waals surface area contributed by atoms with Gasteiger partial charge in [-0.3, -0.25) is 4.79 Å². The molecule has 1 amide bonds. The predicted molar refractivity (Wildman–Crippen MR) is 44.4 cm³/mol. The molecule has 0 bridgehead atoms. The number of rotatable bonds is 2. The average molecular weight is 241 g/mol. The van der Waals surface area contributed by atoms with E-state index in [0.717, 1.165) is 12.3 Å². The summed E-state index contributed by atoms with van der Waals surface area (Å²) >= 11 is 5.34. The molecule has 0 fully saturated rings. The van der Waals surface area contributed by atoms with Gasteiger partial charge in [-0.2, -0.15) is 0 Å². The van der Waals surface area contributed by atoms with Gasteiger partial charge in [0, 0.05) is 6.20 Å². The summed E-state index contributed by atoms with van der Waals surface area (Å²) in [6.45, 7) is 0. The zero-order chi connectivity index (χ0) is 11.6. The smallest absolute Gasteiger partial charge is 0.402 e. The molecule has 82 valence electrons. The van der Waals surface area contributed by atoms with Gasteiger partial charge >= 0.3 is 6.36 Å². The van der Waals surface area contributed by atoms with E-state index in [9.17, 15) is 18.0 Å². The molecule has 0 saturated heterocycles. The molecule has 15 heavy (non-hydrogen) atoms. The first-order valence-electron chi connectivity index (χ1n) is 3.51. The highest BCUT2D eigenvalue weighted by Gasteiger charge is 2.34. The minimum absolute atomic E-state index is 0.479. The summed E-state index contributed by atoms with van der Waals surface area (Å²) in [5, 5.41) is -0.580. The third-order valence-corrected chi connectivity index (χ3v) is 1.61. The second kappa shape index (κ2) is 3.93. The largest absolute Gasteiger partial charge is 0.573 e. The standard InChI is InChI=1S/C7H4ClF3N2O2/c8-5-4(15-7(9,10)11)3(6(12)14)1-2-13-5/h1-2H,(H2,12,14). The third-order valence-electron chi connectivity index (χ3n) is 1.34. The molecule has 1 heterocycles. The lowest BCUT2D eigenvalue weighted by Gasteiger charge is -2.11. The van der Waals surface area contributed by atoms with Crippen molar-refractivity contribution in [2.24, 2.45) is 5.73 Å². The van der Waals surface area contributed by atoms with E-state index in [2.05, 4.69) is 9.72 Å². The average Bonchev–Trinajstić information content (AvgIpc) is 2.05. The Morgan fingerprint density at radius 2 is 2.13 bits per heavy atom. The molecule has 1 aromatic heterocycles. The summed E-state index contributed by atoms with van der Waals surface area (Å²) in [5.74, 6) is -1.97. The van der Waals surface area contributed by atoms with Crippen LogP contribution in [0.25, 0.3) is 0 Å². The van der Waals surface area contributed by atoms with Gasteiger partial charge in [-0.15, -0.1) is 13.2 Å². The summed E-state index contributed by atoms with van der Waals surface area (Å²) in [6, 6.07) is 0.981. The Hall–Kier alpha value is -1.50. The zero-order valence-corrected chi connectivity index (χ0v) is 7.76. The van der Waals surface area contributed by atoms with Crippen LogP contribution in [0.1, 0.15) is 10.4 Å². The first-order chi connectivity index (χ1) is 6.81. The van der Waals surface area contributed by atoms with Gasteiger partial charge in [-0.25, -0.2) is 4.98 Å². The number of pyridine rings is 1. The fraction of sp³-hybridized carbons (Fsp3) is 0.143. The maximum atomic E-state index is 11.9. The van der Waals surface area contributed by atoms with Crippen molar-refractivity contribution in [2.45, 2.75) is 6.36 Å². The van der Waals surface area contributed by atoms with Gasteiger partial charge in [0.2, 0.25) is 0 Å². The summed E-state index contributed by atoms with van der Waals surface area (Å²) in [4.78, 5) is 14.1. The van der Waals surface area contributed by atoms with Gasteiger partial charge < -0.3 is 10.5 Å². The van der Waals surface area contributed by atoms with E-state index in [-0.39, 0.29) is 0 Å². The Kier molecular flexibility index (Phi) is 3.04. The van der Waals surface area contributed by atoms with Crippen molar-refractivity contribution < 1.29 is 22.7 Å². The fourth-order valence-corrected chi connectivity index (χ4v) is 1.03. The quantitative estimate of drug-likeness (QED) is 0.801. The molecule has 0 unspecified atom stereocenters. The topological polar surface area (TPSA) is 65.2 Å². The van der Waals surface area contributed by atoms with Crippen molar-refractivity contribution in [3.8, 4) is 5.75 Å². The molecule has 1 rings (SSSR count). The maximum Gasteiger partial charge on any atom is 0.573 e. The number of carbonyl (C=O) groups is 1. The lowest BCUT2D eigenvalue weighted by molar-refractivity contribution is -0.274. The molecule has 0 atom stereocenters. The summed E-state index contributed by atoms with van der Waals surface area (Å²) in [6.07, 6.45) is -3.91. The highest BCUT2D eigenvalue weighted by Crippen LogP contribution is 2.31. The molecular formula is C7H4ClF3N2O2. The Labute approximate surface area is 86.8 Å². The number of hydrogen-bond donors (Lipinski definition) is 1. The molecule has 0 aromatic carbocycles. The Morgan fingerprint density at radius 3 is 2.60 bits per heavy atom.